The van der Waals surface area contributed by atoms with Crippen LogP contribution < -0.4 is 10.6 Å². The normalized spacial score (nSPS) is 13.3. The molecule has 110 valence electrons. The molecule has 0 heterocycles. The summed E-state index contributed by atoms with van der Waals surface area (Å²) in [5.74, 6) is 0. The number of carbonyl (C=O) groups excluding carboxylic acids is 1. The minimum Gasteiger partial charge on any atom is -0.444 e. The zero-order chi connectivity index (χ0) is 14.7. The zero-order valence-electron chi connectivity index (χ0n) is 12.7. The maximum atomic E-state index is 11.3. The molecule has 0 spiro atoms. The van der Waals surface area contributed by atoms with Gasteiger partial charge in [0, 0.05) is 19.1 Å². The number of carbonyl (C=O) groups is 1. The van der Waals surface area contributed by atoms with E-state index in [0.29, 0.717) is 12.6 Å². The van der Waals surface area contributed by atoms with E-state index in [1.807, 2.05) is 39.0 Å². The fourth-order valence-electron chi connectivity index (χ4n) is 1.36. The van der Waals surface area contributed by atoms with Gasteiger partial charge in [-0.15, -0.1) is 6.58 Å². The van der Waals surface area contributed by atoms with E-state index in [9.17, 15) is 4.79 Å². The van der Waals surface area contributed by atoms with Gasteiger partial charge in [-0.25, -0.2) is 4.79 Å². The Labute approximate surface area is 117 Å². The smallest absolute Gasteiger partial charge is 0.407 e. The Morgan fingerprint density at radius 3 is 2.53 bits per heavy atom. The van der Waals surface area contributed by atoms with Gasteiger partial charge >= 0.3 is 6.09 Å². The predicted octanol–water partition coefficient (Wildman–Crippen LogP) is 3.01. The number of amides is 1. The van der Waals surface area contributed by atoms with Gasteiger partial charge in [-0.1, -0.05) is 18.2 Å². The van der Waals surface area contributed by atoms with E-state index in [1.165, 1.54) is 0 Å². The fourth-order valence-corrected chi connectivity index (χ4v) is 1.36. The number of allylic oxidation sites excluding steroid dienone is 1. The SMILES string of the molecule is C=CCCC(C)NC/C=C/CNC(=O)OC(C)(C)C. The minimum absolute atomic E-state index is 0.385. The lowest BCUT2D eigenvalue weighted by Crippen LogP contribution is -2.32. The summed E-state index contributed by atoms with van der Waals surface area (Å²) in [7, 11) is 0. The van der Waals surface area contributed by atoms with Crippen molar-refractivity contribution in [3.05, 3.63) is 24.8 Å². The van der Waals surface area contributed by atoms with Crippen molar-refractivity contribution in [1.29, 1.82) is 0 Å². The van der Waals surface area contributed by atoms with Crippen LogP contribution in [0.1, 0.15) is 40.5 Å². The van der Waals surface area contributed by atoms with Gasteiger partial charge in [-0.05, 0) is 40.5 Å². The molecule has 0 aliphatic heterocycles. The zero-order valence-corrected chi connectivity index (χ0v) is 12.7. The van der Waals surface area contributed by atoms with Gasteiger partial charge in [0.2, 0.25) is 0 Å². The van der Waals surface area contributed by atoms with Crippen molar-refractivity contribution >= 4 is 6.09 Å². The lowest BCUT2D eigenvalue weighted by molar-refractivity contribution is 0.0534. The Bertz CT molecular complexity index is 293. The van der Waals surface area contributed by atoms with Crippen LogP contribution in [0.2, 0.25) is 0 Å². The highest BCUT2D eigenvalue weighted by atomic mass is 16.6. The molecule has 0 bridgehead atoms. The van der Waals surface area contributed by atoms with Crippen LogP contribution in [-0.2, 0) is 4.74 Å². The van der Waals surface area contributed by atoms with Crippen molar-refractivity contribution < 1.29 is 9.53 Å². The van der Waals surface area contributed by atoms with E-state index >= 15 is 0 Å². The molecule has 0 fully saturated rings. The topological polar surface area (TPSA) is 50.4 Å². The molecule has 19 heavy (non-hydrogen) atoms. The van der Waals surface area contributed by atoms with E-state index in [0.717, 1.165) is 19.4 Å². The molecule has 1 amide bonds. The fraction of sp³-hybridized carbons (Fsp3) is 0.667. The van der Waals surface area contributed by atoms with Gasteiger partial charge in [0.05, 0.1) is 0 Å². The van der Waals surface area contributed by atoms with E-state index in [2.05, 4.69) is 24.1 Å². The first-order chi connectivity index (χ1) is 8.85. The van der Waals surface area contributed by atoms with Crippen LogP contribution >= 0.6 is 0 Å². The number of hydrogen-bond donors (Lipinski definition) is 2. The molecule has 0 saturated carbocycles. The van der Waals surface area contributed by atoms with Gasteiger partial charge < -0.3 is 15.4 Å². The van der Waals surface area contributed by atoms with Crippen LogP contribution in [0.3, 0.4) is 0 Å². The van der Waals surface area contributed by atoms with Gasteiger partial charge in [0.1, 0.15) is 5.60 Å². The molecule has 1 atom stereocenters. The van der Waals surface area contributed by atoms with Crippen LogP contribution in [0.25, 0.3) is 0 Å². The summed E-state index contributed by atoms with van der Waals surface area (Å²) >= 11 is 0. The average molecular weight is 268 g/mol. The maximum absolute atomic E-state index is 11.3. The summed E-state index contributed by atoms with van der Waals surface area (Å²) in [6, 6.07) is 0.474. The third-order valence-corrected chi connectivity index (χ3v) is 2.32. The number of alkyl carbamates (subject to hydrolysis) is 1. The molecule has 0 saturated heterocycles. The molecule has 0 rings (SSSR count). The van der Waals surface area contributed by atoms with Crippen LogP contribution in [0.15, 0.2) is 24.8 Å². The largest absolute Gasteiger partial charge is 0.444 e. The van der Waals surface area contributed by atoms with Crippen LogP contribution in [-0.4, -0.2) is 30.8 Å². The molecule has 4 heteroatoms. The average Bonchev–Trinajstić information content (AvgIpc) is 2.28. The van der Waals surface area contributed by atoms with Crippen molar-refractivity contribution in [2.24, 2.45) is 0 Å². The second kappa shape index (κ2) is 9.62. The number of ether oxygens (including phenoxy) is 1. The molecule has 0 aromatic rings. The minimum atomic E-state index is -0.448. The molecule has 1 unspecified atom stereocenters. The molecular weight excluding hydrogens is 240 g/mol. The molecular formula is C15H28N2O2. The van der Waals surface area contributed by atoms with E-state index in [4.69, 9.17) is 4.74 Å². The van der Waals surface area contributed by atoms with Gasteiger partial charge in [0.25, 0.3) is 0 Å². The first-order valence-corrected chi connectivity index (χ1v) is 6.81. The van der Waals surface area contributed by atoms with Gasteiger partial charge in [0.15, 0.2) is 0 Å². The monoisotopic (exact) mass is 268 g/mol. The number of rotatable bonds is 8. The highest BCUT2D eigenvalue weighted by Crippen LogP contribution is 2.06. The van der Waals surface area contributed by atoms with Crippen molar-refractivity contribution in [3.63, 3.8) is 0 Å². The standard InChI is InChI=1S/C15H28N2O2/c1-6-7-10-13(2)16-11-8-9-12-17-14(18)19-15(3,4)5/h6,8-9,13,16H,1,7,10-12H2,2-5H3,(H,17,18)/b9-8+. The molecule has 0 aromatic heterocycles. The Kier molecular flexibility index (Phi) is 8.96. The first-order valence-electron chi connectivity index (χ1n) is 6.81. The summed E-state index contributed by atoms with van der Waals surface area (Å²) in [4.78, 5) is 11.3. The van der Waals surface area contributed by atoms with Crippen LogP contribution in [0.4, 0.5) is 4.79 Å². The highest BCUT2D eigenvalue weighted by molar-refractivity contribution is 5.67. The quantitative estimate of drug-likeness (QED) is 0.665. The van der Waals surface area contributed by atoms with Crippen molar-refractivity contribution in [2.45, 2.75) is 52.2 Å². The Balaban J connectivity index is 3.59. The summed E-state index contributed by atoms with van der Waals surface area (Å²) in [5.41, 5.74) is -0.448. The predicted molar refractivity (Wildman–Crippen MR) is 80.3 cm³/mol. The van der Waals surface area contributed by atoms with E-state index in [-0.39, 0.29) is 6.09 Å². The highest BCUT2D eigenvalue weighted by Gasteiger charge is 2.14. The van der Waals surface area contributed by atoms with Crippen molar-refractivity contribution in [1.82, 2.24) is 10.6 Å². The molecule has 4 nitrogen and oxygen atoms in total. The van der Waals surface area contributed by atoms with E-state index < -0.39 is 5.60 Å². The molecule has 0 aliphatic rings. The van der Waals surface area contributed by atoms with E-state index in [1.54, 1.807) is 0 Å². The first kappa shape index (κ1) is 17.7. The number of nitrogens with one attached hydrogen (secondary N) is 2. The Morgan fingerprint density at radius 1 is 1.32 bits per heavy atom. The summed E-state index contributed by atoms with van der Waals surface area (Å²) < 4.78 is 5.12. The van der Waals surface area contributed by atoms with Gasteiger partial charge in [-0.3, -0.25) is 0 Å². The number of hydrogen-bond acceptors (Lipinski definition) is 3. The Morgan fingerprint density at radius 2 is 1.95 bits per heavy atom. The van der Waals surface area contributed by atoms with Gasteiger partial charge in [-0.2, -0.15) is 0 Å². The third-order valence-electron chi connectivity index (χ3n) is 2.32. The third kappa shape index (κ3) is 12.9. The van der Waals surface area contributed by atoms with Crippen molar-refractivity contribution in [3.8, 4) is 0 Å². The molecule has 0 radical (unpaired) electrons. The Hall–Kier alpha value is -1.29. The molecule has 0 aromatic carbocycles. The second-order valence-corrected chi connectivity index (χ2v) is 5.53. The van der Waals surface area contributed by atoms with Crippen LogP contribution in [0, 0.1) is 0 Å². The molecule has 0 aliphatic carbocycles. The van der Waals surface area contributed by atoms with Crippen LogP contribution in [0.5, 0.6) is 0 Å². The second-order valence-electron chi connectivity index (χ2n) is 5.53. The lowest BCUT2D eigenvalue weighted by Gasteiger charge is -2.19. The van der Waals surface area contributed by atoms with Crippen molar-refractivity contribution in [2.75, 3.05) is 13.1 Å². The summed E-state index contributed by atoms with van der Waals surface area (Å²) in [5, 5.41) is 6.04. The summed E-state index contributed by atoms with van der Waals surface area (Å²) in [6.07, 6.45) is 7.58. The summed E-state index contributed by atoms with van der Waals surface area (Å²) in [6.45, 7) is 12.7. The molecule has 2 N–H and O–H groups in total. The maximum Gasteiger partial charge on any atom is 0.407 e. The lowest BCUT2D eigenvalue weighted by atomic mass is 10.2.